The average Bonchev–Trinajstić information content (AvgIpc) is 3.25. The second kappa shape index (κ2) is 9.18. The molecule has 6 nitrogen and oxygen atoms in total. The molecule has 0 radical (unpaired) electrons. The first-order valence-electron chi connectivity index (χ1n) is 10.6. The zero-order valence-electron chi connectivity index (χ0n) is 17.5. The highest BCUT2D eigenvalue weighted by molar-refractivity contribution is 5.99. The Morgan fingerprint density at radius 2 is 1.62 bits per heavy atom. The molecule has 0 aliphatic heterocycles. The largest absolute Gasteiger partial charge is 0.481 e. The number of urea groups is 1. The molecular weight excluding hydrogens is 409 g/mol. The molecule has 3 aromatic rings. The average molecular weight is 433 g/mol. The lowest BCUT2D eigenvalue weighted by Gasteiger charge is -2.28. The van der Waals surface area contributed by atoms with Crippen LogP contribution in [0.1, 0.15) is 37.7 Å². The van der Waals surface area contributed by atoms with Crippen LogP contribution in [0.5, 0.6) is 0 Å². The first-order valence-corrected chi connectivity index (χ1v) is 10.6. The van der Waals surface area contributed by atoms with E-state index in [1.165, 1.54) is 12.1 Å². The number of aliphatic carboxylic acids is 1. The van der Waals surface area contributed by atoms with Gasteiger partial charge in [0, 0.05) is 17.2 Å². The predicted octanol–water partition coefficient (Wildman–Crippen LogP) is 5.82. The van der Waals surface area contributed by atoms with Gasteiger partial charge in [0.2, 0.25) is 0 Å². The Morgan fingerprint density at radius 3 is 2.25 bits per heavy atom. The molecule has 1 aliphatic rings. The van der Waals surface area contributed by atoms with E-state index in [1.807, 2.05) is 30.3 Å². The quantitative estimate of drug-likeness (QED) is 0.457. The van der Waals surface area contributed by atoms with Crippen LogP contribution in [0.15, 0.2) is 66.9 Å². The molecule has 1 heterocycles. The first kappa shape index (κ1) is 21.5. The van der Waals surface area contributed by atoms with E-state index in [0.29, 0.717) is 5.82 Å². The number of carboxylic acid groups (broad SMARTS) is 1. The third kappa shape index (κ3) is 4.77. The maximum atomic E-state index is 13.7. The molecule has 164 valence electrons. The summed E-state index contributed by atoms with van der Waals surface area (Å²) in [6, 6.07) is 16.8. The third-order valence-electron chi connectivity index (χ3n) is 6.01. The number of benzene rings is 2. The zero-order valence-corrected chi connectivity index (χ0v) is 17.5. The minimum Gasteiger partial charge on any atom is -0.481 e. The van der Waals surface area contributed by atoms with Crippen molar-refractivity contribution >= 4 is 23.5 Å². The van der Waals surface area contributed by atoms with Crippen molar-refractivity contribution in [1.82, 2.24) is 4.98 Å². The van der Waals surface area contributed by atoms with E-state index in [1.54, 1.807) is 24.4 Å². The van der Waals surface area contributed by atoms with Gasteiger partial charge in [-0.2, -0.15) is 0 Å². The number of rotatable bonds is 6. The summed E-state index contributed by atoms with van der Waals surface area (Å²) < 4.78 is 13.7. The van der Waals surface area contributed by atoms with Crippen molar-refractivity contribution in [3.8, 4) is 11.1 Å². The van der Waals surface area contributed by atoms with Crippen molar-refractivity contribution < 1.29 is 19.1 Å². The number of aromatic nitrogens is 1. The van der Waals surface area contributed by atoms with Gasteiger partial charge in [0.05, 0.1) is 12.1 Å². The molecule has 2 amide bonds. The fourth-order valence-corrected chi connectivity index (χ4v) is 4.40. The maximum Gasteiger partial charge on any atom is 0.324 e. The summed E-state index contributed by atoms with van der Waals surface area (Å²) in [4.78, 5) is 27.7. The fraction of sp³-hybridized carbons (Fsp3) is 0.240. The number of halogens is 1. The number of anilines is 2. The number of para-hydroxylation sites is 1. The Labute approximate surface area is 185 Å². The number of pyridine rings is 1. The van der Waals surface area contributed by atoms with Gasteiger partial charge in [0.1, 0.15) is 11.6 Å². The Morgan fingerprint density at radius 1 is 0.938 bits per heavy atom. The minimum atomic E-state index is -0.762. The molecule has 0 saturated heterocycles. The molecule has 0 spiro atoms. The van der Waals surface area contributed by atoms with E-state index in [2.05, 4.69) is 15.6 Å². The summed E-state index contributed by atoms with van der Waals surface area (Å²) in [5.74, 6) is -0.940. The summed E-state index contributed by atoms with van der Waals surface area (Å²) >= 11 is 0. The van der Waals surface area contributed by atoms with Crippen molar-refractivity contribution in [3.05, 3.63) is 78.2 Å². The highest BCUT2D eigenvalue weighted by Crippen LogP contribution is 2.44. The van der Waals surface area contributed by atoms with Crippen LogP contribution in [0.4, 0.5) is 20.7 Å². The van der Waals surface area contributed by atoms with Gasteiger partial charge < -0.3 is 10.4 Å². The van der Waals surface area contributed by atoms with Crippen molar-refractivity contribution in [2.45, 2.75) is 37.5 Å². The highest BCUT2D eigenvalue weighted by Gasteiger charge is 2.37. The van der Waals surface area contributed by atoms with Crippen LogP contribution < -0.4 is 10.6 Å². The van der Waals surface area contributed by atoms with Crippen molar-refractivity contribution in [2.75, 3.05) is 10.6 Å². The maximum absolute atomic E-state index is 13.7. The van der Waals surface area contributed by atoms with Crippen LogP contribution in [0, 0.1) is 5.82 Å². The standard InChI is InChI=1S/C25H24FN3O3/c26-20-5-1-2-6-21(20)28-24(32)29-22-12-9-18(16-27-22)17-7-10-19(11-8-17)25(15-23(30)31)13-3-4-14-25/h1-2,5-12,16H,3-4,13-15H2,(H,30,31)(H2,27,28,29,32). The lowest BCUT2D eigenvalue weighted by Crippen LogP contribution is -2.25. The summed E-state index contributed by atoms with van der Waals surface area (Å²) in [5.41, 5.74) is 2.70. The van der Waals surface area contributed by atoms with Crippen molar-refractivity contribution in [3.63, 3.8) is 0 Å². The summed E-state index contributed by atoms with van der Waals surface area (Å²) in [6.45, 7) is 0. The molecule has 0 atom stereocenters. The lowest BCUT2D eigenvalue weighted by molar-refractivity contribution is -0.138. The first-order chi connectivity index (χ1) is 15.4. The van der Waals surface area contributed by atoms with Crippen molar-refractivity contribution in [2.24, 2.45) is 0 Å². The molecule has 32 heavy (non-hydrogen) atoms. The molecule has 1 aromatic heterocycles. The molecule has 1 fully saturated rings. The third-order valence-corrected chi connectivity index (χ3v) is 6.01. The fourth-order valence-electron chi connectivity index (χ4n) is 4.40. The van der Waals surface area contributed by atoms with Crippen LogP contribution in [-0.2, 0) is 10.2 Å². The number of carboxylic acids is 1. The number of nitrogens with zero attached hydrogens (tertiary/aromatic N) is 1. The van der Waals surface area contributed by atoms with Crippen LogP contribution >= 0.6 is 0 Å². The SMILES string of the molecule is O=C(O)CC1(c2ccc(-c3ccc(NC(=O)Nc4ccccc4F)nc3)cc2)CCCC1. The topological polar surface area (TPSA) is 91.3 Å². The van der Waals surface area contributed by atoms with Gasteiger partial charge in [0.25, 0.3) is 0 Å². The molecular formula is C25H24FN3O3. The van der Waals surface area contributed by atoms with Gasteiger partial charge >= 0.3 is 12.0 Å². The van der Waals surface area contributed by atoms with Crippen LogP contribution in [-0.4, -0.2) is 22.1 Å². The molecule has 2 aromatic carbocycles. The number of nitrogens with one attached hydrogen (secondary N) is 2. The number of hydrogen-bond donors (Lipinski definition) is 3. The van der Waals surface area contributed by atoms with Crippen LogP contribution in [0.25, 0.3) is 11.1 Å². The minimum absolute atomic E-state index is 0.0876. The summed E-state index contributed by atoms with van der Waals surface area (Å²) in [5, 5.41) is 14.4. The number of carbonyl (C=O) groups excluding carboxylic acids is 1. The van der Waals surface area contributed by atoms with E-state index < -0.39 is 17.8 Å². The van der Waals surface area contributed by atoms with Crippen molar-refractivity contribution in [1.29, 1.82) is 0 Å². The second-order valence-electron chi connectivity index (χ2n) is 8.13. The van der Waals surface area contributed by atoms with Gasteiger partial charge in [-0.05, 0) is 48.2 Å². The second-order valence-corrected chi connectivity index (χ2v) is 8.13. The molecule has 0 unspecified atom stereocenters. The van der Waals surface area contributed by atoms with Gasteiger partial charge in [-0.15, -0.1) is 0 Å². The lowest BCUT2D eigenvalue weighted by atomic mass is 9.76. The molecule has 0 bridgehead atoms. The number of amides is 2. The van der Waals surface area contributed by atoms with Crippen LogP contribution in [0.2, 0.25) is 0 Å². The monoisotopic (exact) mass is 433 g/mol. The van der Waals surface area contributed by atoms with Gasteiger partial charge in [0.15, 0.2) is 0 Å². The molecule has 7 heteroatoms. The molecule has 1 saturated carbocycles. The molecule has 4 rings (SSSR count). The van der Waals surface area contributed by atoms with Gasteiger partial charge in [-0.25, -0.2) is 14.2 Å². The van der Waals surface area contributed by atoms with E-state index in [0.717, 1.165) is 42.4 Å². The Hall–Kier alpha value is -3.74. The number of hydrogen-bond acceptors (Lipinski definition) is 3. The normalized spacial score (nSPS) is 14.7. The Bertz CT molecular complexity index is 1110. The predicted molar refractivity (Wildman–Crippen MR) is 121 cm³/mol. The van der Waals surface area contributed by atoms with Crippen LogP contribution in [0.3, 0.4) is 0 Å². The van der Waals surface area contributed by atoms with E-state index >= 15 is 0 Å². The Balaban J connectivity index is 1.43. The van der Waals surface area contributed by atoms with Gasteiger partial charge in [-0.1, -0.05) is 49.2 Å². The Kier molecular flexibility index (Phi) is 6.16. The van der Waals surface area contributed by atoms with E-state index in [9.17, 15) is 19.1 Å². The van der Waals surface area contributed by atoms with E-state index in [-0.39, 0.29) is 17.5 Å². The highest BCUT2D eigenvalue weighted by atomic mass is 19.1. The number of carbonyl (C=O) groups is 2. The molecule has 3 N–H and O–H groups in total. The molecule has 1 aliphatic carbocycles. The summed E-state index contributed by atoms with van der Waals surface area (Å²) in [6.07, 6.45) is 5.71. The smallest absolute Gasteiger partial charge is 0.324 e. The van der Waals surface area contributed by atoms with E-state index in [4.69, 9.17) is 0 Å². The van der Waals surface area contributed by atoms with Gasteiger partial charge in [-0.3, -0.25) is 10.1 Å². The zero-order chi connectivity index (χ0) is 22.6. The summed E-state index contributed by atoms with van der Waals surface area (Å²) in [7, 11) is 0.